The van der Waals surface area contributed by atoms with Crippen molar-refractivity contribution in [3.63, 3.8) is 0 Å². The highest BCUT2D eigenvalue weighted by Gasteiger charge is 2.23. The predicted octanol–water partition coefficient (Wildman–Crippen LogP) is 1.85. The number of halogens is 1. The molecule has 1 heterocycles. The predicted molar refractivity (Wildman–Crippen MR) is 84.8 cm³/mol. The van der Waals surface area contributed by atoms with Crippen molar-refractivity contribution in [1.29, 1.82) is 0 Å². The monoisotopic (exact) mass is 323 g/mol. The number of nitrogens with one attached hydrogen (secondary N) is 1. The lowest BCUT2D eigenvalue weighted by Crippen LogP contribution is -2.50. The SMILES string of the molecule is CCOC(=O)N1CCN(CC(=O)Nc2ccc(C)c(F)c2)CC1. The van der Waals surface area contributed by atoms with Crippen molar-refractivity contribution in [2.24, 2.45) is 0 Å². The molecular weight excluding hydrogens is 301 g/mol. The van der Waals surface area contributed by atoms with E-state index in [0.29, 0.717) is 44.0 Å². The molecule has 6 nitrogen and oxygen atoms in total. The summed E-state index contributed by atoms with van der Waals surface area (Å²) in [5.74, 6) is -0.538. The second kappa shape index (κ2) is 7.92. The zero-order chi connectivity index (χ0) is 16.8. The first-order valence-corrected chi connectivity index (χ1v) is 7.69. The van der Waals surface area contributed by atoms with E-state index in [0.717, 1.165) is 0 Å². The van der Waals surface area contributed by atoms with E-state index < -0.39 is 0 Å². The van der Waals surface area contributed by atoms with Crippen molar-refractivity contribution in [2.45, 2.75) is 13.8 Å². The minimum Gasteiger partial charge on any atom is -0.450 e. The van der Waals surface area contributed by atoms with Gasteiger partial charge in [-0.05, 0) is 31.5 Å². The highest BCUT2D eigenvalue weighted by atomic mass is 19.1. The van der Waals surface area contributed by atoms with Crippen LogP contribution in [0.15, 0.2) is 18.2 Å². The Morgan fingerprint density at radius 3 is 2.57 bits per heavy atom. The van der Waals surface area contributed by atoms with E-state index in [1.165, 1.54) is 6.07 Å². The molecule has 7 heteroatoms. The Hall–Kier alpha value is -2.15. The Labute approximate surface area is 135 Å². The molecule has 1 saturated heterocycles. The molecule has 2 amide bonds. The molecule has 0 radical (unpaired) electrons. The van der Waals surface area contributed by atoms with Crippen LogP contribution in [-0.2, 0) is 9.53 Å². The first-order chi connectivity index (χ1) is 11.0. The molecule has 0 atom stereocenters. The molecule has 1 aromatic carbocycles. The van der Waals surface area contributed by atoms with E-state index in [9.17, 15) is 14.0 Å². The van der Waals surface area contributed by atoms with Gasteiger partial charge in [-0.2, -0.15) is 0 Å². The maximum absolute atomic E-state index is 13.5. The quantitative estimate of drug-likeness (QED) is 0.918. The average Bonchev–Trinajstić information content (AvgIpc) is 2.52. The van der Waals surface area contributed by atoms with Gasteiger partial charge in [-0.1, -0.05) is 6.07 Å². The van der Waals surface area contributed by atoms with Crippen LogP contribution in [0.1, 0.15) is 12.5 Å². The number of rotatable bonds is 4. The van der Waals surface area contributed by atoms with Crippen LogP contribution in [0.3, 0.4) is 0 Å². The van der Waals surface area contributed by atoms with Crippen molar-refractivity contribution in [2.75, 3.05) is 44.6 Å². The third kappa shape index (κ3) is 4.92. The maximum Gasteiger partial charge on any atom is 0.409 e. The van der Waals surface area contributed by atoms with Crippen LogP contribution in [0.4, 0.5) is 14.9 Å². The minimum absolute atomic E-state index is 0.196. The zero-order valence-electron chi connectivity index (χ0n) is 13.5. The summed E-state index contributed by atoms with van der Waals surface area (Å²) in [7, 11) is 0. The molecule has 1 aliphatic rings. The summed E-state index contributed by atoms with van der Waals surface area (Å²) in [4.78, 5) is 27.2. The number of hydrogen-bond acceptors (Lipinski definition) is 4. The lowest BCUT2D eigenvalue weighted by molar-refractivity contribution is -0.117. The standard InChI is InChI=1S/C16H22FN3O3/c1-3-23-16(22)20-8-6-19(7-9-20)11-15(21)18-13-5-4-12(2)14(17)10-13/h4-5,10H,3,6-9,11H2,1-2H3,(H,18,21). The summed E-state index contributed by atoms with van der Waals surface area (Å²) in [6.07, 6.45) is -0.313. The van der Waals surface area contributed by atoms with Gasteiger partial charge < -0.3 is 15.0 Å². The smallest absolute Gasteiger partial charge is 0.409 e. The molecule has 0 bridgehead atoms. The fraction of sp³-hybridized carbons (Fsp3) is 0.500. The van der Waals surface area contributed by atoms with Gasteiger partial charge in [0.25, 0.3) is 0 Å². The Morgan fingerprint density at radius 2 is 1.96 bits per heavy atom. The third-order valence-electron chi connectivity index (χ3n) is 3.72. The van der Waals surface area contributed by atoms with E-state index in [4.69, 9.17) is 4.74 Å². The molecule has 1 aromatic rings. The topological polar surface area (TPSA) is 61.9 Å². The van der Waals surface area contributed by atoms with Crippen molar-refractivity contribution in [3.05, 3.63) is 29.6 Å². The number of amides is 2. The Kier molecular flexibility index (Phi) is 5.92. The van der Waals surface area contributed by atoms with Crippen LogP contribution >= 0.6 is 0 Å². The van der Waals surface area contributed by atoms with Crippen LogP contribution in [0, 0.1) is 12.7 Å². The molecule has 1 aliphatic heterocycles. The van der Waals surface area contributed by atoms with E-state index in [-0.39, 0.29) is 24.4 Å². The van der Waals surface area contributed by atoms with Gasteiger partial charge in [0.2, 0.25) is 5.91 Å². The van der Waals surface area contributed by atoms with Crippen molar-refractivity contribution >= 4 is 17.7 Å². The van der Waals surface area contributed by atoms with Crippen LogP contribution in [0.25, 0.3) is 0 Å². The number of hydrogen-bond donors (Lipinski definition) is 1. The van der Waals surface area contributed by atoms with Gasteiger partial charge in [0, 0.05) is 31.9 Å². The van der Waals surface area contributed by atoms with Crippen LogP contribution in [-0.4, -0.2) is 61.1 Å². The fourth-order valence-corrected chi connectivity index (χ4v) is 2.38. The van der Waals surface area contributed by atoms with Gasteiger partial charge in [0.15, 0.2) is 0 Å². The van der Waals surface area contributed by atoms with Gasteiger partial charge in [0.05, 0.1) is 13.2 Å². The molecule has 126 valence electrons. The average molecular weight is 323 g/mol. The number of ether oxygens (including phenoxy) is 1. The lowest BCUT2D eigenvalue weighted by Gasteiger charge is -2.33. The molecule has 1 N–H and O–H groups in total. The summed E-state index contributed by atoms with van der Waals surface area (Å²) in [5, 5.41) is 2.69. The zero-order valence-corrected chi connectivity index (χ0v) is 13.5. The molecule has 0 saturated carbocycles. The van der Waals surface area contributed by atoms with Gasteiger partial charge in [-0.15, -0.1) is 0 Å². The highest BCUT2D eigenvalue weighted by Crippen LogP contribution is 2.13. The van der Waals surface area contributed by atoms with E-state index in [1.54, 1.807) is 30.9 Å². The summed E-state index contributed by atoms with van der Waals surface area (Å²) >= 11 is 0. The third-order valence-corrected chi connectivity index (χ3v) is 3.72. The van der Waals surface area contributed by atoms with Gasteiger partial charge in [-0.3, -0.25) is 9.69 Å². The Morgan fingerprint density at radius 1 is 1.26 bits per heavy atom. The normalized spacial score (nSPS) is 15.3. The molecule has 23 heavy (non-hydrogen) atoms. The van der Waals surface area contributed by atoms with Crippen LogP contribution < -0.4 is 5.32 Å². The van der Waals surface area contributed by atoms with Crippen molar-refractivity contribution in [1.82, 2.24) is 9.80 Å². The number of benzene rings is 1. The Balaban J connectivity index is 1.78. The number of carbonyl (C=O) groups is 2. The fourth-order valence-electron chi connectivity index (χ4n) is 2.38. The first-order valence-electron chi connectivity index (χ1n) is 7.69. The van der Waals surface area contributed by atoms with Gasteiger partial charge in [-0.25, -0.2) is 9.18 Å². The lowest BCUT2D eigenvalue weighted by atomic mass is 10.2. The van der Waals surface area contributed by atoms with Gasteiger partial charge in [0.1, 0.15) is 5.82 Å². The number of anilines is 1. The largest absolute Gasteiger partial charge is 0.450 e. The summed E-state index contributed by atoms with van der Waals surface area (Å²) < 4.78 is 18.4. The second-order valence-corrected chi connectivity index (χ2v) is 5.47. The molecule has 0 aromatic heterocycles. The van der Waals surface area contributed by atoms with Gasteiger partial charge >= 0.3 is 6.09 Å². The van der Waals surface area contributed by atoms with E-state index in [1.807, 2.05) is 4.90 Å². The number of carbonyl (C=O) groups excluding carboxylic acids is 2. The number of piperazine rings is 1. The second-order valence-electron chi connectivity index (χ2n) is 5.47. The Bertz CT molecular complexity index is 572. The molecule has 1 fully saturated rings. The summed E-state index contributed by atoms with van der Waals surface area (Å²) in [6.45, 7) is 6.29. The molecule has 0 spiro atoms. The minimum atomic E-state index is -0.342. The molecule has 2 rings (SSSR count). The van der Waals surface area contributed by atoms with Crippen LogP contribution in [0.5, 0.6) is 0 Å². The van der Waals surface area contributed by atoms with E-state index in [2.05, 4.69) is 5.32 Å². The highest BCUT2D eigenvalue weighted by molar-refractivity contribution is 5.92. The molecular formula is C16H22FN3O3. The van der Waals surface area contributed by atoms with Crippen LogP contribution in [0.2, 0.25) is 0 Å². The van der Waals surface area contributed by atoms with Crippen molar-refractivity contribution in [3.8, 4) is 0 Å². The molecule has 0 unspecified atom stereocenters. The first kappa shape index (κ1) is 17.2. The van der Waals surface area contributed by atoms with Crippen molar-refractivity contribution < 1.29 is 18.7 Å². The maximum atomic E-state index is 13.5. The number of nitrogens with zero attached hydrogens (tertiary/aromatic N) is 2. The summed E-state index contributed by atoms with van der Waals surface area (Å²) in [6, 6.07) is 4.62. The molecule has 0 aliphatic carbocycles. The summed E-state index contributed by atoms with van der Waals surface area (Å²) in [5.41, 5.74) is 0.987. The van der Waals surface area contributed by atoms with E-state index >= 15 is 0 Å². The number of aryl methyl sites for hydroxylation is 1.